The number of rotatable bonds is 2. The number of hydrogen-bond acceptors (Lipinski definition) is 0. The molecule has 0 nitrogen and oxygen atoms in total. The van der Waals surface area contributed by atoms with Crippen molar-refractivity contribution in [3.63, 3.8) is 0 Å². The molecule has 1 aromatic rings. The molecule has 0 heterocycles. The second-order valence-corrected chi connectivity index (χ2v) is 4.48. The fourth-order valence-electron chi connectivity index (χ4n) is 0.757. The molecule has 4 heteroatoms. The van der Waals surface area contributed by atoms with E-state index in [1.807, 2.05) is 18.2 Å². The van der Waals surface area contributed by atoms with Crippen molar-refractivity contribution in [3.8, 4) is 0 Å². The third-order valence-corrected chi connectivity index (χ3v) is 3.14. The molecule has 0 aliphatic carbocycles. The van der Waals surface area contributed by atoms with E-state index in [2.05, 4.69) is 0 Å². The van der Waals surface area contributed by atoms with E-state index in [4.69, 9.17) is 46.4 Å². The Bertz CT molecular complexity index is 242. The molecule has 0 bridgehead atoms. The maximum absolute atomic E-state index is 5.86. The molecule has 0 spiro atoms. The summed E-state index contributed by atoms with van der Waals surface area (Å²) in [5, 5.41) is 0. The summed E-state index contributed by atoms with van der Waals surface area (Å²) in [6.07, 6.45) is 0. The Balaban J connectivity index is 2.98. The quantitative estimate of drug-likeness (QED) is 0.679. The van der Waals surface area contributed by atoms with Crippen molar-refractivity contribution in [3.05, 3.63) is 40.7 Å². The summed E-state index contributed by atoms with van der Waals surface area (Å²) >= 11 is 22.8. The second-order valence-electron chi connectivity index (χ2n) is 2.20. The SMILES string of the molecule is Cl[C](Cl)C(Cl)(Cl)c1ccccc1. The van der Waals surface area contributed by atoms with Crippen LogP contribution in [0.25, 0.3) is 0 Å². The third kappa shape index (κ3) is 2.20. The van der Waals surface area contributed by atoms with Gasteiger partial charge in [0.1, 0.15) is 0 Å². The number of halogens is 4. The minimum atomic E-state index is -1.32. The summed E-state index contributed by atoms with van der Waals surface area (Å²) in [6.45, 7) is 0. The van der Waals surface area contributed by atoms with E-state index in [0.29, 0.717) is 5.56 Å². The highest BCUT2D eigenvalue weighted by Gasteiger charge is 2.35. The van der Waals surface area contributed by atoms with Crippen LogP contribution >= 0.6 is 46.4 Å². The van der Waals surface area contributed by atoms with Gasteiger partial charge in [0.05, 0.1) is 0 Å². The van der Waals surface area contributed by atoms with E-state index in [1.54, 1.807) is 12.1 Å². The number of alkyl halides is 2. The van der Waals surface area contributed by atoms with Crippen LogP contribution in [0, 0.1) is 4.84 Å². The summed E-state index contributed by atoms with van der Waals surface area (Å²) in [7, 11) is 0. The largest absolute Gasteiger partial charge is 0.191 e. The van der Waals surface area contributed by atoms with E-state index >= 15 is 0 Å². The maximum Gasteiger partial charge on any atom is 0.191 e. The molecule has 12 heavy (non-hydrogen) atoms. The standard InChI is InChI=1S/C8H5Cl4/c9-7(10)8(11,12)6-4-2-1-3-5-6/h1-5H. The lowest BCUT2D eigenvalue weighted by Gasteiger charge is -2.19. The third-order valence-electron chi connectivity index (χ3n) is 1.37. The first kappa shape index (κ1) is 10.5. The van der Waals surface area contributed by atoms with Gasteiger partial charge in [0.15, 0.2) is 9.17 Å². The molecular formula is C8H5Cl4. The van der Waals surface area contributed by atoms with Crippen molar-refractivity contribution in [2.45, 2.75) is 4.33 Å². The van der Waals surface area contributed by atoms with Crippen LogP contribution in [0.5, 0.6) is 0 Å². The van der Waals surface area contributed by atoms with Crippen LogP contribution in [0.15, 0.2) is 30.3 Å². The zero-order valence-electron chi connectivity index (χ0n) is 5.90. The Kier molecular flexibility index (Phi) is 3.54. The molecule has 0 N–H and O–H groups in total. The van der Waals surface area contributed by atoms with Crippen LogP contribution < -0.4 is 0 Å². The molecule has 0 amide bonds. The Morgan fingerprint density at radius 1 is 1.00 bits per heavy atom. The van der Waals surface area contributed by atoms with Gasteiger partial charge < -0.3 is 0 Å². The average molecular weight is 243 g/mol. The average Bonchev–Trinajstić information content (AvgIpc) is 2.06. The molecule has 0 unspecified atom stereocenters. The van der Waals surface area contributed by atoms with Gasteiger partial charge in [0, 0.05) is 0 Å². The van der Waals surface area contributed by atoms with Crippen molar-refractivity contribution in [1.82, 2.24) is 0 Å². The first-order valence-electron chi connectivity index (χ1n) is 3.17. The summed E-state index contributed by atoms with van der Waals surface area (Å²) in [4.78, 5) is -0.0722. The molecule has 1 rings (SSSR count). The lowest BCUT2D eigenvalue weighted by molar-refractivity contribution is 1.04. The van der Waals surface area contributed by atoms with Crippen LogP contribution in [-0.2, 0) is 4.33 Å². The van der Waals surface area contributed by atoms with Gasteiger partial charge in [-0.1, -0.05) is 76.7 Å². The second kappa shape index (κ2) is 4.06. The van der Waals surface area contributed by atoms with Gasteiger partial charge in [-0.05, 0) is 5.56 Å². The fraction of sp³-hybridized carbons (Fsp3) is 0.125. The Hall–Kier alpha value is 0.380. The van der Waals surface area contributed by atoms with Gasteiger partial charge in [-0.2, -0.15) is 0 Å². The number of benzene rings is 1. The fourth-order valence-corrected chi connectivity index (χ4v) is 1.23. The molecule has 0 saturated carbocycles. The van der Waals surface area contributed by atoms with Gasteiger partial charge in [-0.15, -0.1) is 0 Å². The van der Waals surface area contributed by atoms with Crippen LogP contribution in [0.1, 0.15) is 5.56 Å². The Morgan fingerprint density at radius 3 is 1.92 bits per heavy atom. The maximum atomic E-state index is 5.86. The molecule has 1 radical (unpaired) electrons. The van der Waals surface area contributed by atoms with E-state index < -0.39 is 4.33 Å². The van der Waals surface area contributed by atoms with Crippen molar-refractivity contribution in [1.29, 1.82) is 0 Å². The van der Waals surface area contributed by atoms with Crippen molar-refractivity contribution in [2.24, 2.45) is 0 Å². The molecular weight excluding hydrogens is 238 g/mol. The molecule has 0 atom stereocenters. The van der Waals surface area contributed by atoms with Crippen LogP contribution in [0.4, 0.5) is 0 Å². The minimum absolute atomic E-state index is 0.0722. The smallest absolute Gasteiger partial charge is 0.0944 e. The molecule has 1 aromatic carbocycles. The first-order chi connectivity index (χ1) is 5.55. The van der Waals surface area contributed by atoms with Gasteiger partial charge in [0.25, 0.3) is 0 Å². The van der Waals surface area contributed by atoms with Crippen molar-refractivity contribution < 1.29 is 0 Å². The number of hydrogen-bond donors (Lipinski definition) is 0. The predicted octanol–water partition coefficient (Wildman–Crippen LogP) is 4.28. The lowest BCUT2D eigenvalue weighted by Crippen LogP contribution is -2.12. The molecule has 0 aliphatic heterocycles. The van der Waals surface area contributed by atoms with Gasteiger partial charge in [-0.3, -0.25) is 0 Å². The Labute approximate surface area is 91.4 Å². The summed E-state index contributed by atoms with van der Waals surface area (Å²) < 4.78 is -1.32. The van der Waals surface area contributed by atoms with Crippen LogP contribution in [-0.4, -0.2) is 0 Å². The van der Waals surface area contributed by atoms with E-state index in [0.717, 1.165) is 0 Å². The molecule has 0 saturated heterocycles. The zero-order valence-corrected chi connectivity index (χ0v) is 8.92. The van der Waals surface area contributed by atoms with E-state index in [-0.39, 0.29) is 4.84 Å². The lowest BCUT2D eigenvalue weighted by atomic mass is 10.2. The van der Waals surface area contributed by atoms with Crippen molar-refractivity contribution in [2.75, 3.05) is 0 Å². The minimum Gasteiger partial charge on any atom is -0.0944 e. The normalized spacial score (nSPS) is 12.1. The van der Waals surface area contributed by atoms with Gasteiger partial charge in [-0.25, -0.2) is 0 Å². The topological polar surface area (TPSA) is 0 Å². The Morgan fingerprint density at radius 2 is 1.50 bits per heavy atom. The predicted molar refractivity (Wildman–Crippen MR) is 54.8 cm³/mol. The first-order valence-corrected chi connectivity index (χ1v) is 4.68. The van der Waals surface area contributed by atoms with E-state index in [9.17, 15) is 0 Å². The van der Waals surface area contributed by atoms with Crippen LogP contribution in [0.2, 0.25) is 0 Å². The molecule has 0 aliphatic rings. The molecule has 0 fully saturated rings. The summed E-state index contributed by atoms with van der Waals surface area (Å²) in [5.41, 5.74) is 0.660. The molecule has 0 aromatic heterocycles. The monoisotopic (exact) mass is 241 g/mol. The highest BCUT2D eigenvalue weighted by molar-refractivity contribution is 6.65. The van der Waals surface area contributed by atoms with Gasteiger partial charge in [0.2, 0.25) is 0 Å². The highest BCUT2D eigenvalue weighted by atomic mass is 35.5. The molecule has 65 valence electrons. The summed E-state index contributed by atoms with van der Waals surface area (Å²) in [6, 6.07) is 8.99. The van der Waals surface area contributed by atoms with Crippen molar-refractivity contribution >= 4 is 46.4 Å². The van der Waals surface area contributed by atoms with Gasteiger partial charge >= 0.3 is 0 Å². The highest BCUT2D eigenvalue weighted by Crippen LogP contribution is 2.46. The summed E-state index contributed by atoms with van der Waals surface area (Å²) in [5.74, 6) is 0. The van der Waals surface area contributed by atoms with Crippen LogP contribution in [0.3, 0.4) is 0 Å². The van der Waals surface area contributed by atoms with E-state index in [1.165, 1.54) is 0 Å². The zero-order chi connectivity index (χ0) is 9.19.